The van der Waals surface area contributed by atoms with E-state index >= 15 is 0 Å². The van der Waals surface area contributed by atoms with Crippen molar-refractivity contribution in [1.82, 2.24) is 0 Å². The highest BCUT2D eigenvalue weighted by atomic mass is 16.4. The Hall–Kier alpha value is -1.77. The molecule has 2 N–H and O–H groups in total. The molecule has 0 saturated heterocycles. The number of nitrogens with one attached hydrogen (secondary N) is 1. The molecule has 3 heteroatoms. The average Bonchev–Trinajstić information content (AvgIpc) is 2.71. The van der Waals surface area contributed by atoms with Gasteiger partial charge in [0.05, 0.1) is 6.42 Å². The Morgan fingerprint density at radius 2 is 1.31 bits per heavy atom. The Kier molecular flexibility index (Phi) is 15.9. The van der Waals surface area contributed by atoms with Gasteiger partial charge >= 0.3 is 5.97 Å². The maximum atomic E-state index is 10.7. The molecular formula is C26H43NO2. The van der Waals surface area contributed by atoms with Gasteiger partial charge in [-0.05, 0) is 49.8 Å². The fourth-order valence-electron chi connectivity index (χ4n) is 3.52. The third kappa shape index (κ3) is 15.8. The quantitative estimate of drug-likeness (QED) is 0.184. The largest absolute Gasteiger partial charge is 0.481 e. The van der Waals surface area contributed by atoms with Gasteiger partial charge in [0, 0.05) is 12.2 Å². The number of carboxylic acid groups (broad SMARTS) is 1. The Bertz CT molecular complexity index is 536. The van der Waals surface area contributed by atoms with Crippen molar-refractivity contribution in [2.75, 3.05) is 11.9 Å². The van der Waals surface area contributed by atoms with Crippen molar-refractivity contribution in [3.8, 4) is 0 Å². The van der Waals surface area contributed by atoms with E-state index in [9.17, 15) is 4.79 Å². The molecule has 1 aromatic carbocycles. The highest BCUT2D eigenvalue weighted by molar-refractivity contribution is 5.70. The number of carbonyl (C=O) groups is 1. The van der Waals surface area contributed by atoms with Crippen molar-refractivity contribution in [1.29, 1.82) is 0 Å². The smallest absolute Gasteiger partial charge is 0.307 e. The summed E-state index contributed by atoms with van der Waals surface area (Å²) in [6, 6.07) is 7.72. The molecule has 1 aromatic rings. The second kappa shape index (κ2) is 18.3. The SMILES string of the molecule is CCCCCCCCC=CCCCCCCCCNc1ccc(CC(=O)O)cc1. The van der Waals surface area contributed by atoms with Gasteiger partial charge in [-0.2, -0.15) is 0 Å². The van der Waals surface area contributed by atoms with E-state index in [0.717, 1.165) is 17.8 Å². The molecule has 0 aromatic heterocycles. The first-order valence-electron chi connectivity index (χ1n) is 11.9. The van der Waals surface area contributed by atoms with Crippen LogP contribution in [0.15, 0.2) is 36.4 Å². The van der Waals surface area contributed by atoms with Crippen LogP contribution in [0, 0.1) is 0 Å². The van der Waals surface area contributed by atoms with E-state index < -0.39 is 5.97 Å². The summed E-state index contributed by atoms with van der Waals surface area (Å²) in [5.74, 6) is -0.783. The van der Waals surface area contributed by atoms with Gasteiger partial charge in [0.2, 0.25) is 0 Å². The fraction of sp³-hybridized carbons (Fsp3) is 0.654. The zero-order chi connectivity index (χ0) is 21.0. The molecule has 0 spiro atoms. The highest BCUT2D eigenvalue weighted by Crippen LogP contribution is 2.12. The molecule has 0 radical (unpaired) electrons. The first-order chi connectivity index (χ1) is 14.2. The van der Waals surface area contributed by atoms with E-state index in [1.807, 2.05) is 24.3 Å². The third-order valence-electron chi connectivity index (χ3n) is 5.33. The molecular weight excluding hydrogens is 358 g/mol. The van der Waals surface area contributed by atoms with Gasteiger partial charge in [-0.1, -0.05) is 89.0 Å². The lowest BCUT2D eigenvalue weighted by atomic mass is 10.1. The van der Waals surface area contributed by atoms with Crippen molar-refractivity contribution < 1.29 is 9.90 Å². The zero-order valence-corrected chi connectivity index (χ0v) is 18.6. The summed E-state index contributed by atoms with van der Waals surface area (Å²) in [4.78, 5) is 10.7. The first kappa shape index (κ1) is 25.3. The van der Waals surface area contributed by atoms with Gasteiger partial charge in [-0.3, -0.25) is 4.79 Å². The van der Waals surface area contributed by atoms with Crippen molar-refractivity contribution in [3.63, 3.8) is 0 Å². The number of aliphatic carboxylic acids is 1. The molecule has 0 atom stereocenters. The summed E-state index contributed by atoms with van der Waals surface area (Å²) in [7, 11) is 0. The molecule has 29 heavy (non-hydrogen) atoms. The predicted octanol–water partition coefficient (Wildman–Crippen LogP) is 7.76. The summed E-state index contributed by atoms with van der Waals surface area (Å²) in [5, 5.41) is 12.2. The average molecular weight is 402 g/mol. The van der Waals surface area contributed by atoms with E-state index in [1.54, 1.807) is 0 Å². The van der Waals surface area contributed by atoms with E-state index in [-0.39, 0.29) is 6.42 Å². The summed E-state index contributed by atoms with van der Waals surface area (Å²) in [6.07, 6.45) is 23.5. The summed E-state index contributed by atoms with van der Waals surface area (Å²) >= 11 is 0. The topological polar surface area (TPSA) is 49.3 Å². The molecule has 0 fully saturated rings. The molecule has 0 amide bonds. The lowest BCUT2D eigenvalue weighted by molar-refractivity contribution is -0.136. The number of hydrogen-bond acceptors (Lipinski definition) is 2. The van der Waals surface area contributed by atoms with Crippen LogP contribution < -0.4 is 5.32 Å². The Labute approximate surface area is 179 Å². The lowest BCUT2D eigenvalue weighted by Crippen LogP contribution is -2.03. The maximum Gasteiger partial charge on any atom is 0.307 e. The molecule has 0 unspecified atom stereocenters. The van der Waals surface area contributed by atoms with Gasteiger partial charge in [0.25, 0.3) is 0 Å². The minimum absolute atomic E-state index is 0.0925. The second-order valence-corrected chi connectivity index (χ2v) is 8.13. The van der Waals surface area contributed by atoms with Crippen LogP contribution in [-0.2, 0) is 11.2 Å². The normalized spacial score (nSPS) is 11.2. The minimum Gasteiger partial charge on any atom is -0.481 e. The van der Waals surface area contributed by atoms with Crippen LogP contribution >= 0.6 is 0 Å². The van der Waals surface area contributed by atoms with Crippen molar-refractivity contribution in [3.05, 3.63) is 42.0 Å². The molecule has 0 aliphatic heterocycles. The molecule has 164 valence electrons. The summed E-state index contributed by atoms with van der Waals surface area (Å²) in [5.41, 5.74) is 1.92. The molecule has 0 heterocycles. The van der Waals surface area contributed by atoms with Gasteiger partial charge in [0.1, 0.15) is 0 Å². The Morgan fingerprint density at radius 3 is 1.86 bits per heavy atom. The standard InChI is InChI=1S/C26H43NO2/c1-2-3-4-5-6-7-8-9-10-11-12-13-14-15-16-17-22-27-25-20-18-24(19-21-25)23-26(28)29/h9-10,18-21,27H,2-8,11-17,22-23H2,1H3,(H,28,29). The number of benzene rings is 1. The van der Waals surface area contributed by atoms with Gasteiger partial charge in [0.15, 0.2) is 0 Å². The van der Waals surface area contributed by atoms with Gasteiger partial charge in [-0.15, -0.1) is 0 Å². The molecule has 3 nitrogen and oxygen atoms in total. The zero-order valence-electron chi connectivity index (χ0n) is 18.6. The second-order valence-electron chi connectivity index (χ2n) is 8.13. The van der Waals surface area contributed by atoms with E-state index in [0.29, 0.717) is 0 Å². The van der Waals surface area contributed by atoms with Crippen LogP contribution in [0.4, 0.5) is 5.69 Å². The predicted molar refractivity (Wildman–Crippen MR) is 126 cm³/mol. The van der Waals surface area contributed by atoms with Crippen LogP contribution in [0.2, 0.25) is 0 Å². The van der Waals surface area contributed by atoms with Gasteiger partial charge in [-0.25, -0.2) is 0 Å². The maximum absolute atomic E-state index is 10.7. The van der Waals surface area contributed by atoms with E-state index in [4.69, 9.17) is 5.11 Å². The van der Waals surface area contributed by atoms with E-state index in [1.165, 1.54) is 89.9 Å². The Balaban J connectivity index is 1.85. The van der Waals surface area contributed by atoms with Gasteiger partial charge < -0.3 is 10.4 Å². The van der Waals surface area contributed by atoms with Crippen LogP contribution in [0.3, 0.4) is 0 Å². The molecule has 0 aliphatic carbocycles. The molecule has 1 rings (SSSR count). The van der Waals surface area contributed by atoms with Crippen LogP contribution in [-0.4, -0.2) is 17.6 Å². The van der Waals surface area contributed by atoms with Crippen molar-refractivity contribution in [2.24, 2.45) is 0 Å². The number of hydrogen-bond donors (Lipinski definition) is 2. The van der Waals surface area contributed by atoms with E-state index in [2.05, 4.69) is 24.4 Å². The van der Waals surface area contributed by atoms with Crippen LogP contribution in [0.1, 0.15) is 102 Å². The first-order valence-corrected chi connectivity index (χ1v) is 11.9. The Morgan fingerprint density at radius 1 is 0.793 bits per heavy atom. The number of carboxylic acids is 1. The monoisotopic (exact) mass is 401 g/mol. The summed E-state index contributed by atoms with van der Waals surface area (Å²) in [6.45, 7) is 3.26. The summed E-state index contributed by atoms with van der Waals surface area (Å²) < 4.78 is 0. The number of allylic oxidation sites excluding steroid dienone is 2. The van der Waals surface area contributed by atoms with Crippen LogP contribution in [0.25, 0.3) is 0 Å². The third-order valence-corrected chi connectivity index (χ3v) is 5.33. The number of anilines is 1. The molecule has 0 bridgehead atoms. The van der Waals surface area contributed by atoms with Crippen LogP contribution in [0.5, 0.6) is 0 Å². The van der Waals surface area contributed by atoms with Crippen molar-refractivity contribution >= 4 is 11.7 Å². The minimum atomic E-state index is -0.783. The highest BCUT2D eigenvalue weighted by Gasteiger charge is 2.00. The molecule has 0 aliphatic rings. The fourth-order valence-corrected chi connectivity index (χ4v) is 3.52. The number of rotatable bonds is 19. The lowest BCUT2D eigenvalue weighted by Gasteiger charge is -2.07. The number of unbranched alkanes of at least 4 members (excludes halogenated alkanes) is 12. The van der Waals surface area contributed by atoms with Crippen molar-refractivity contribution in [2.45, 2.75) is 103 Å². The molecule has 0 saturated carbocycles.